The van der Waals surface area contributed by atoms with Gasteiger partial charge in [-0.05, 0) is 19.1 Å². The Morgan fingerprint density at radius 2 is 1.41 bits per heavy atom. The van der Waals surface area contributed by atoms with Crippen molar-refractivity contribution in [2.45, 2.75) is 31.6 Å². The first-order valence-electron chi connectivity index (χ1n) is 10.6. The highest BCUT2D eigenvalue weighted by Gasteiger charge is 2.26. The van der Waals surface area contributed by atoms with Crippen molar-refractivity contribution in [3.63, 3.8) is 0 Å². The van der Waals surface area contributed by atoms with Gasteiger partial charge in [-0.1, -0.05) is 15.9 Å². The van der Waals surface area contributed by atoms with E-state index in [1.165, 1.54) is 25.5 Å². The van der Waals surface area contributed by atoms with Crippen LogP contribution in [0.3, 0.4) is 0 Å². The maximum absolute atomic E-state index is 12.9. The third-order valence-corrected chi connectivity index (χ3v) is 5.38. The summed E-state index contributed by atoms with van der Waals surface area (Å²) in [5, 5.41) is 19.4. The molecule has 196 valence electrons. The Bertz CT molecular complexity index is 1280. The Labute approximate surface area is 218 Å². The number of aromatic nitrogens is 3. The summed E-state index contributed by atoms with van der Waals surface area (Å²) >= 11 is 3.28. The van der Waals surface area contributed by atoms with Crippen molar-refractivity contribution in [2.75, 3.05) is 20.3 Å². The van der Waals surface area contributed by atoms with Crippen molar-refractivity contribution in [1.82, 2.24) is 15.0 Å². The molecule has 3 heterocycles. The second-order valence-corrected chi connectivity index (χ2v) is 8.46. The predicted molar refractivity (Wildman–Crippen MR) is 124 cm³/mol. The van der Waals surface area contributed by atoms with E-state index in [0.29, 0.717) is 10.2 Å². The number of esters is 1. The summed E-state index contributed by atoms with van der Waals surface area (Å²) in [6, 6.07) is 2.92. The van der Waals surface area contributed by atoms with Crippen LogP contribution in [0.4, 0.5) is 0 Å². The maximum Gasteiger partial charge on any atom is 0.373 e. The third kappa shape index (κ3) is 8.08. The van der Waals surface area contributed by atoms with Gasteiger partial charge < -0.3 is 23.8 Å². The molecule has 3 aromatic heterocycles. The number of rotatable bonds is 11. The molecule has 0 saturated carbocycles. The van der Waals surface area contributed by atoms with Gasteiger partial charge >= 0.3 is 12.1 Å². The average molecular weight is 580 g/mol. The standard InChI is InChI=1S/C22H22BrN3O8.CO2/c1-11-9-33-20(24-11)12(7-27)3-18(29)15-5-14(23)6-16(25-15)19(30)4-13(8-28)21-26-17(10-34-21)22(31)32-2;2-1-3/h5-6,9-10,12-13,27-28H,3-4,7-8H2,1-2H3;. The van der Waals surface area contributed by atoms with Gasteiger partial charge in [-0.15, -0.1) is 0 Å². The molecule has 37 heavy (non-hydrogen) atoms. The number of halogens is 1. The lowest BCUT2D eigenvalue weighted by Gasteiger charge is -2.11. The number of oxazole rings is 2. The fourth-order valence-electron chi connectivity index (χ4n) is 3.13. The van der Waals surface area contributed by atoms with Crippen molar-refractivity contribution < 1.29 is 47.8 Å². The van der Waals surface area contributed by atoms with Crippen LogP contribution in [0.25, 0.3) is 0 Å². The lowest BCUT2D eigenvalue weighted by Crippen LogP contribution is -2.16. The number of aryl methyl sites for hydroxylation is 1. The Balaban J connectivity index is 0.00000153. The van der Waals surface area contributed by atoms with E-state index in [-0.39, 0.29) is 54.5 Å². The maximum atomic E-state index is 12.9. The van der Waals surface area contributed by atoms with E-state index >= 15 is 0 Å². The first-order chi connectivity index (χ1) is 17.7. The fraction of sp³-hybridized carbons (Fsp3) is 0.348. The number of ether oxygens (including phenoxy) is 1. The zero-order chi connectivity index (χ0) is 27.5. The van der Waals surface area contributed by atoms with Crippen LogP contribution in [-0.4, -0.2) is 69.2 Å². The minimum atomic E-state index is -0.835. The molecule has 0 fully saturated rings. The van der Waals surface area contributed by atoms with Gasteiger partial charge in [-0.25, -0.2) is 19.7 Å². The minimum absolute atomic E-state index is 0.00502. The monoisotopic (exact) mass is 579 g/mol. The van der Waals surface area contributed by atoms with Gasteiger partial charge in [0.05, 0.1) is 37.9 Å². The average Bonchev–Trinajstić information content (AvgIpc) is 3.54. The van der Waals surface area contributed by atoms with Gasteiger partial charge in [0.1, 0.15) is 23.9 Å². The molecule has 14 heteroatoms. The van der Waals surface area contributed by atoms with Crippen molar-refractivity contribution in [3.8, 4) is 0 Å². The second kappa shape index (κ2) is 14.0. The van der Waals surface area contributed by atoms with Gasteiger partial charge in [0.15, 0.2) is 23.2 Å². The summed E-state index contributed by atoms with van der Waals surface area (Å²) in [7, 11) is 1.19. The molecule has 0 aliphatic heterocycles. The summed E-state index contributed by atoms with van der Waals surface area (Å²) in [6.07, 6.45) is 2.40. The molecule has 0 aliphatic carbocycles. The summed E-state index contributed by atoms with van der Waals surface area (Å²) in [5.41, 5.74) is 0.543. The van der Waals surface area contributed by atoms with Crippen molar-refractivity contribution in [2.24, 2.45) is 0 Å². The molecule has 3 aromatic rings. The van der Waals surface area contributed by atoms with E-state index in [1.54, 1.807) is 6.92 Å². The van der Waals surface area contributed by atoms with Crippen LogP contribution < -0.4 is 0 Å². The van der Waals surface area contributed by atoms with E-state index in [4.69, 9.17) is 18.4 Å². The molecule has 0 amide bonds. The number of nitrogens with zero attached hydrogens (tertiary/aromatic N) is 3. The molecule has 2 N–H and O–H groups in total. The summed E-state index contributed by atoms with van der Waals surface area (Å²) in [4.78, 5) is 65.8. The summed E-state index contributed by atoms with van der Waals surface area (Å²) in [5.74, 6) is -2.87. The Kier molecular flexibility index (Phi) is 11.2. The minimum Gasteiger partial charge on any atom is -0.464 e. The number of ketones is 2. The molecule has 0 saturated heterocycles. The number of aliphatic hydroxyl groups excluding tert-OH is 2. The predicted octanol–water partition coefficient (Wildman–Crippen LogP) is 2.03. The Hall–Kier alpha value is -3.84. The summed E-state index contributed by atoms with van der Waals surface area (Å²) in [6.45, 7) is 0.902. The van der Waals surface area contributed by atoms with Gasteiger partial charge in [-0.2, -0.15) is 9.59 Å². The third-order valence-electron chi connectivity index (χ3n) is 4.92. The molecule has 13 nitrogen and oxygen atoms in total. The zero-order valence-electron chi connectivity index (χ0n) is 19.7. The van der Waals surface area contributed by atoms with E-state index in [1.807, 2.05) is 0 Å². The number of methoxy groups -OCH3 is 1. The van der Waals surface area contributed by atoms with E-state index in [2.05, 4.69) is 35.6 Å². The number of carbonyl (C=O) groups excluding carboxylic acids is 5. The topological polar surface area (TPSA) is 200 Å². The number of carbonyl (C=O) groups is 3. The van der Waals surface area contributed by atoms with Crippen LogP contribution in [0.1, 0.15) is 73.6 Å². The van der Waals surface area contributed by atoms with Gasteiger partial charge in [0.25, 0.3) is 0 Å². The fourth-order valence-corrected chi connectivity index (χ4v) is 3.57. The largest absolute Gasteiger partial charge is 0.464 e. The van der Waals surface area contributed by atoms with Crippen LogP contribution in [0.2, 0.25) is 0 Å². The zero-order valence-corrected chi connectivity index (χ0v) is 21.3. The number of aliphatic hydroxyl groups is 2. The number of pyridine rings is 1. The lowest BCUT2D eigenvalue weighted by molar-refractivity contribution is -0.191. The SMILES string of the molecule is COC(=O)c1coc(C(CO)CC(=O)c2cc(Br)cc(C(=O)CC(CO)c3nc(C)co3)n2)n1.O=C=O. The molecular weight excluding hydrogens is 558 g/mol. The molecule has 2 unspecified atom stereocenters. The van der Waals surface area contributed by atoms with Crippen LogP contribution in [0.15, 0.2) is 38.0 Å². The molecule has 0 aliphatic rings. The molecule has 0 radical (unpaired) electrons. The first kappa shape index (κ1) is 29.4. The quantitative estimate of drug-likeness (QED) is 0.247. The van der Waals surface area contributed by atoms with Crippen molar-refractivity contribution in [1.29, 1.82) is 0 Å². The van der Waals surface area contributed by atoms with Crippen LogP contribution >= 0.6 is 15.9 Å². The molecule has 3 rings (SSSR count). The number of hydrogen-bond acceptors (Lipinski definition) is 13. The van der Waals surface area contributed by atoms with E-state index in [9.17, 15) is 24.6 Å². The molecule has 0 bridgehead atoms. The Morgan fingerprint density at radius 1 is 0.919 bits per heavy atom. The van der Waals surface area contributed by atoms with Crippen molar-refractivity contribution in [3.05, 3.63) is 63.7 Å². The van der Waals surface area contributed by atoms with E-state index < -0.39 is 36.0 Å². The van der Waals surface area contributed by atoms with Gasteiger partial charge in [0, 0.05) is 17.3 Å². The highest BCUT2D eigenvalue weighted by Crippen LogP contribution is 2.25. The molecule has 0 aromatic carbocycles. The molecular formula is C23H22BrN3O10. The smallest absolute Gasteiger partial charge is 0.373 e. The lowest BCUT2D eigenvalue weighted by atomic mass is 9.99. The number of hydrogen-bond donors (Lipinski definition) is 2. The second-order valence-electron chi connectivity index (χ2n) is 7.54. The van der Waals surface area contributed by atoms with Gasteiger partial charge in [0.2, 0.25) is 5.89 Å². The Morgan fingerprint density at radius 3 is 1.84 bits per heavy atom. The van der Waals surface area contributed by atoms with Crippen molar-refractivity contribution >= 4 is 39.6 Å². The molecule has 2 atom stereocenters. The summed E-state index contributed by atoms with van der Waals surface area (Å²) < 4.78 is 15.5. The first-order valence-corrected chi connectivity index (χ1v) is 11.4. The van der Waals surface area contributed by atoms with Gasteiger partial charge in [-0.3, -0.25) is 9.59 Å². The molecule has 0 spiro atoms. The normalized spacial score (nSPS) is 12.0. The van der Waals surface area contributed by atoms with E-state index in [0.717, 1.165) is 6.26 Å². The highest BCUT2D eigenvalue weighted by atomic mass is 79.9. The highest BCUT2D eigenvalue weighted by molar-refractivity contribution is 9.10. The van der Waals surface area contributed by atoms with Crippen LogP contribution in [-0.2, 0) is 14.3 Å². The number of Topliss-reactive ketones (excluding diaryl/α,β-unsaturated/α-hetero) is 2. The van der Waals surface area contributed by atoms with Crippen LogP contribution in [0, 0.1) is 6.92 Å². The van der Waals surface area contributed by atoms with Crippen LogP contribution in [0.5, 0.6) is 0 Å².